The zero-order valence-corrected chi connectivity index (χ0v) is 11.4. The average molecular weight is 289 g/mol. The van der Waals surface area contributed by atoms with E-state index >= 15 is 0 Å². The Labute approximate surface area is 121 Å². The summed E-state index contributed by atoms with van der Waals surface area (Å²) >= 11 is 0. The lowest BCUT2D eigenvalue weighted by atomic mass is 9.94. The van der Waals surface area contributed by atoms with Crippen molar-refractivity contribution in [3.8, 4) is 0 Å². The summed E-state index contributed by atoms with van der Waals surface area (Å²) in [5.74, 6) is -0.634. The van der Waals surface area contributed by atoms with Gasteiger partial charge in [0.1, 0.15) is 17.2 Å². The monoisotopic (exact) mass is 289 g/mol. The van der Waals surface area contributed by atoms with E-state index in [1.165, 1.54) is 24.5 Å². The molecule has 2 N–H and O–H groups in total. The molecule has 5 heteroatoms. The third-order valence-electron chi connectivity index (χ3n) is 3.84. The van der Waals surface area contributed by atoms with Crippen LogP contribution in [0.3, 0.4) is 0 Å². The second-order valence-electron chi connectivity index (χ2n) is 5.34. The van der Waals surface area contributed by atoms with Gasteiger partial charge in [-0.3, -0.25) is 4.79 Å². The van der Waals surface area contributed by atoms with Crippen molar-refractivity contribution in [3.63, 3.8) is 0 Å². The van der Waals surface area contributed by atoms with Crippen LogP contribution in [0.4, 0.5) is 4.39 Å². The number of carbonyl (C=O) groups excluding carboxylic acids is 1. The highest BCUT2D eigenvalue weighted by atomic mass is 19.1. The summed E-state index contributed by atoms with van der Waals surface area (Å²) in [7, 11) is 0. The first-order chi connectivity index (χ1) is 10.1. The maximum atomic E-state index is 13.6. The van der Waals surface area contributed by atoms with Gasteiger partial charge in [-0.15, -0.1) is 0 Å². The highest BCUT2D eigenvalue weighted by Crippen LogP contribution is 2.45. The van der Waals surface area contributed by atoms with Crippen LogP contribution in [0, 0.1) is 11.7 Å². The van der Waals surface area contributed by atoms with E-state index < -0.39 is 17.3 Å². The Hall–Kier alpha value is -2.14. The molecule has 1 aliphatic carbocycles. The smallest absolute Gasteiger partial charge is 0.254 e. The van der Waals surface area contributed by atoms with E-state index in [1.54, 1.807) is 18.2 Å². The summed E-state index contributed by atoms with van der Waals surface area (Å²) in [4.78, 5) is 12.0. The number of nitrogens with one attached hydrogen (secondary N) is 1. The normalized spacial score (nSPS) is 17.2. The van der Waals surface area contributed by atoms with Gasteiger partial charge in [-0.2, -0.15) is 0 Å². The third kappa shape index (κ3) is 2.69. The Morgan fingerprint density at radius 3 is 2.71 bits per heavy atom. The Kier molecular flexibility index (Phi) is 3.51. The minimum Gasteiger partial charge on any atom is -0.466 e. The number of hydrogen-bond donors (Lipinski definition) is 2. The number of rotatable bonds is 5. The molecule has 0 bridgehead atoms. The molecule has 1 aromatic carbocycles. The van der Waals surface area contributed by atoms with Gasteiger partial charge in [0.15, 0.2) is 0 Å². The number of hydrogen-bond acceptors (Lipinski definition) is 3. The van der Waals surface area contributed by atoms with Crippen LogP contribution in [0.2, 0.25) is 0 Å². The summed E-state index contributed by atoms with van der Waals surface area (Å²) in [6.45, 7) is -0.00164. The fourth-order valence-corrected chi connectivity index (χ4v) is 2.47. The van der Waals surface area contributed by atoms with Crippen molar-refractivity contribution in [1.82, 2.24) is 5.32 Å². The highest BCUT2D eigenvalue weighted by Gasteiger charge is 2.47. The van der Waals surface area contributed by atoms with Crippen LogP contribution in [-0.4, -0.2) is 17.6 Å². The Balaban J connectivity index is 1.74. The summed E-state index contributed by atoms with van der Waals surface area (Å²) in [6.07, 6.45) is 3.25. The van der Waals surface area contributed by atoms with Gasteiger partial charge in [-0.05, 0) is 43.0 Å². The van der Waals surface area contributed by atoms with Crippen molar-refractivity contribution < 1.29 is 18.7 Å². The third-order valence-corrected chi connectivity index (χ3v) is 3.84. The molecule has 1 saturated carbocycles. The lowest BCUT2D eigenvalue weighted by molar-refractivity contribution is -0.00614. The quantitative estimate of drug-likeness (QED) is 0.888. The predicted octanol–water partition coefficient (Wildman–Crippen LogP) is 2.45. The van der Waals surface area contributed by atoms with Crippen molar-refractivity contribution >= 4 is 5.91 Å². The van der Waals surface area contributed by atoms with E-state index in [0.717, 1.165) is 12.8 Å². The van der Waals surface area contributed by atoms with Crippen LogP contribution in [0.15, 0.2) is 47.1 Å². The zero-order valence-electron chi connectivity index (χ0n) is 11.4. The van der Waals surface area contributed by atoms with Gasteiger partial charge in [-0.1, -0.05) is 12.1 Å². The standard InChI is InChI=1S/C16H16FNO3/c17-13-5-2-1-4-12(13)15(19)18-10-16(20,11-7-8-11)14-6-3-9-21-14/h1-6,9,11,20H,7-8,10H2,(H,18,19). The molecule has 1 heterocycles. The minimum absolute atomic E-state index is 0.00164. The first kappa shape index (κ1) is 13.8. The van der Waals surface area contributed by atoms with Gasteiger partial charge in [0.2, 0.25) is 0 Å². The van der Waals surface area contributed by atoms with Crippen LogP contribution in [0.1, 0.15) is 29.0 Å². The van der Waals surface area contributed by atoms with Crippen LogP contribution in [0.25, 0.3) is 0 Å². The van der Waals surface area contributed by atoms with E-state index in [-0.39, 0.29) is 18.0 Å². The first-order valence-electron chi connectivity index (χ1n) is 6.90. The maximum absolute atomic E-state index is 13.6. The Morgan fingerprint density at radius 1 is 1.33 bits per heavy atom. The second kappa shape index (κ2) is 5.33. The SMILES string of the molecule is O=C(NCC(O)(c1ccco1)C1CC1)c1ccccc1F. The molecule has 0 spiro atoms. The van der Waals surface area contributed by atoms with Gasteiger partial charge in [0, 0.05) is 0 Å². The largest absolute Gasteiger partial charge is 0.466 e. The van der Waals surface area contributed by atoms with E-state index in [4.69, 9.17) is 4.42 Å². The van der Waals surface area contributed by atoms with Crippen LogP contribution < -0.4 is 5.32 Å². The molecule has 1 aliphatic rings. The zero-order chi connectivity index (χ0) is 14.9. The van der Waals surface area contributed by atoms with Crippen molar-refractivity contribution in [2.45, 2.75) is 18.4 Å². The van der Waals surface area contributed by atoms with Gasteiger partial charge in [0.25, 0.3) is 5.91 Å². The molecule has 0 radical (unpaired) electrons. The van der Waals surface area contributed by atoms with Crippen molar-refractivity contribution in [2.24, 2.45) is 5.92 Å². The van der Waals surface area contributed by atoms with E-state index in [0.29, 0.717) is 5.76 Å². The number of furan rings is 1. The molecule has 4 nitrogen and oxygen atoms in total. The minimum atomic E-state index is -1.23. The lowest BCUT2D eigenvalue weighted by Crippen LogP contribution is -2.42. The molecule has 2 aromatic rings. The van der Waals surface area contributed by atoms with Gasteiger partial charge in [-0.25, -0.2) is 4.39 Å². The molecule has 1 amide bonds. The van der Waals surface area contributed by atoms with Gasteiger partial charge >= 0.3 is 0 Å². The lowest BCUT2D eigenvalue weighted by Gasteiger charge is -2.26. The molecule has 1 atom stereocenters. The van der Waals surface area contributed by atoms with E-state index in [1.807, 2.05) is 0 Å². The fourth-order valence-electron chi connectivity index (χ4n) is 2.47. The molecular formula is C16H16FNO3. The first-order valence-corrected chi connectivity index (χ1v) is 6.90. The molecule has 1 aromatic heterocycles. The summed E-state index contributed by atoms with van der Waals surface area (Å²) in [5.41, 5.74) is -1.26. The number of halogens is 1. The fraction of sp³-hybridized carbons (Fsp3) is 0.312. The Bertz CT molecular complexity index is 637. The van der Waals surface area contributed by atoms with Crippen LogP contribution >= 0.6 is 0 Å². The molecule has 110 valence electrons. The van der Waals surface area contributed by atoms with Crippen molar-refractivity contribution in [3.05, 3.63) is 59.8 Å². The average Bonchev–Trinajstić information content (AvgIpc) is 3.20. The summed E-state index contributed by atoms with van der Waals surface area (Å²) in [5, 5.41) is 13.4. The topological polar surface area (TPSA) is 62.5 Å². The highest BCUT2D eigenvalue weighted by molar-refractivity contribution is 5.94. The maximum Gasteiger partial charge on any atom is 0.254 e. The second-order valence-corrected chi connectivity index (χ2v) is 5.34. The van der Waals surface area contributed by atoms with Crippen molar-refractivity contribution in [2.75, 3.05) is 6.54 Å². The number of benzene rings is 1. The molecule has 1 unspecified atom stereocenters. The number of amides is 1. The Morgan fingerprint density at radius 2 is 2.10 bits per heavy atom. The number of aliphatic hydroxyl groups is 1. The molecule has 0 saturated heterocycles. The van der Waals surface area contributed by atoms with Crippen LogP contribution in [-0.2, 0) is 5.60 Å². The molecule has 0 aliphatic heterocycles. The summed E-state index contributed by atoms with van der Waals surface area (Å²) in [6, 6.07) is 9.14. The van der Waals surface area contributed by atoms with E-state index in [2.05, 4.69) is 5.32 Å². The number of carbonyl (C=O) groups is 1. The molecule has 1 fully saturated rings. The molecular weight excluding hydrogens is 273 g/mol. The van der Waals surface area contributed by atoms with Gasteiger partial charge in [0.05, 0.1) is 18.4 Å². The molecule has 21 heavy (non-hydrogen) atoms. The molecule has 3 rings (SSSR count). The van der Waals surface area contributed by atoms with Gasteiger partial charge < -0.3 is 14.8 Å². The van der Waals surface area contributed by atoms with Crippen molar-refractivity contribution in [1.29, 1.82) is 0 Å². The van der Waals surface area contributed by atoms with E-state index in [9.17, 15) is 14.3 Å². The predicted molar refractivity (Wildman–Crippen MR) is 74.1 cm³/mol. The van der Waals surface area contributed by atoms with Crippen LogP contribution in [0.5, 0.6) is 0 Å². The summed E-state index contributed by atoms with van der Waals surface area (Å²) < 4.78 is 18.8.